The third kappa shape index (κ3) is 5.78. The minimum atomic E-state index is -0.925. The van der Waals surface area contributed by atoms with Crippen molar-refractivity contribution < 1.29 is 14.1 Å². The van der Waals surface area contributed by atoms with Gasteiger partial charge in [-0.05, 0) is 12.0 Å². The summed E-state index contributed by atoms with van der Waals surface area (Å²) < 4.78 is 4.56. The Balaban J connectivity index is 2.82. The molecule has 0 spiro atoms. The predicted octanol–water partition coefficient (Wildman–Crippen LogP) is 0.756. The van der Waals surface area contributed by atoms with Crippen molar-refractivity contribution >= 4 is 18.0 Å². The van der Waals surface area contributed by atoms with Gasteiger partial charge < -0.3 is 9.29 Å². The summed E-state index contributed by atoms with van der Waals surface area (Å²) in [5.74, 6) is -0.140. The molecule has 0 aliphatic rings. The van der Waals surface area contributed by atoms with E-state index in [0.29, 0.717) is 0 Å². The van der Waals surface area contributed by atoms with Crippen molar-refractivity contribution in [1.29, 1.82) is 0 Å². The molecule has 0 amide bonds. The van der Waals surface area contributed by atoms with E-state index in [0.717, 1.165) is 17.8 Å². The number of aliphatic carboxylic acids is 1. The minimum Gasteiger partial charge on any atom is -0.479 e. The van der Waals surface area contributed by atoms with Gasteiger partial charge in [-0.2, -0.15) is 0 Å². The lowest BCUT2D eigenvalue weighted by Crippen LogP contribution is -2.02. The summed E-state index contributed by atoms with van der Waals surface area (Å²) in [4.78, 5) is 9.74. The summed E-state index contributed by atoms with van der Waals surface area (Å²) in [6.45, 7) is 1.69. The second-order valence-corrected chi connectivity index (χ2v) is 2.11. The molecule has 3 nitrogen and oxygen atoms in total. The fourth-order valence-electron chi connectivity index (χ4n) is 0.175. The molecule has 0 radical (unpaired) electrons. The summed E-state index contributed by atoms with van der Waals surface area (Å²) in [5, 5.41) is 8.00. The van der Waals surface area contributed by atoms with Crippen LogP contribution in [0.1, 0.15) is 6.92 Å². The van der Waals surface area contributed by atoms with Crippen LogP contribution in [-0.4, -0.2) is 23.4 Å². The molecular formula is C4H8O3S. The maximum Gasteiger partial charge on any atom is 0.331 e. The molecule has 0 aromatic rings. The summed E-state index contributed by atoms with van der Waals surface area (Å²) in [6.07, 6.45) is 0. The maximum absolute atomic E-state index is 9.74. The van der Waals surface area contributed by atoms with Crippen LogP contribution in [0.2, 0.25) is 0 Å². The van der Waals surface area contributed by atoms with Gasteiger partial charge in [0.25, 0.3) is 0 Å². The van der Waals surface area contributed by atoms with Gasteiger partial charge in [-0.25, -0.2) is 4.79 Å². The SMILES string of the molecule is CCSOCC(=O)O. The highest BCUT2D eigenvalue weighted by Crippen LogP contribution is 1.98. The second kappa shape index (κ2) is 4.93. The van der Waals surface area contributed by atoms with E-state index in [1.807, 2.05) is 6.92 Å². The average molecular weight is 136 g/mol. The fourth-order valence-corrected chi connectivity index (χ4v) is 0.526. The van der Waals surface area contributed by atoms with E-state index in [9.17, 15) is 4.79 Å². The molecule has 0 aromatic heterocycles. The van der Waals surface area contributed by atoms with E-state index in [2.05, 4.69) is 4.18 Å². The number of carboxylic acids is 1. The molecule has 0 aromatic carbocycles. The van der Waals surface area contributed by atoms with Crippen LogP contribution < -0.4 is 0 Å². The molecule has 0 rings (SSSR count). The molecular weight excluding hydrogens is 128 g/mol. The van der Waals surface area contributed by atoms with Gasteiger partial charge in [-0.3, -0.25) is 0 Å². The zero-order valence-electron chi connectivity index (χ0n) is 4.59. The first-order valence-corrected chi connectivity index (χ1v) is 3.14. The second-order valence-electron chi connectivity index (χ2n) is 1.06. The third-order valence-corrected chi connectivity index (χ3v) is 0.904. The molecule has 8 heavy (non-hydrogen) atoms. The van der Waals surface area contributed by atoms with Crippen LogP contribution in [0.15, 0.2) is 0 Å². The predicted molar refractivity (Wildman–Crippen MR) is 31.7 cm³/mol. The number of carbonyl (C=O) groups is 1. The molecule has 0 fully saturated rings. The van der Waals surface area contributed by atoms with Crippen molar-refractivity contribution in [1.82, 2.24) is 0 Å². The summed E-state index contributed by atoms with van der Waals surface area (Å²) in [6, 6.07) is 0. The van der Waals surface area contributed by atoms with E-state index in [-0.39, 0.29) is 6.61 Å². The minimum absolute atomic E-state index is 0.210. The highest BCUT2D eigenvalue weighted by molar-refractivity contribution is 7.94. The lowest BCUT2D eigenvalue weighted by Gasteiger charge is -1.92. The van der Waals surface area contributed by atoms with Gasteiger partial charge >= 0.3 is 5.97 Å². The van der Waals surface area contributed by atoms with Crippen molar-refractivity contribution in [2.45, 2.75) is 6.92 Å². The normalized spacial score (nSPS) is 9.12. The van der Waals surface area contributed by atoms with Crippen LogP contribution >= 0.6 is 12.0 Å². The molecule has 0 bridgehead atoms. The van der Waals surface area contributed by atoms with E-state index in [4.69, 9.17) is 5.11 Å². The van der Waals surface area contributed by atoms with Crippen LogP contribution in [0, 0.1) is 0 Å². The molecule has 0 aliphatic carbocycles. The first-order valence-electron chi connectivity index (χ1n) is 2.23. The molecule has 0 atom stereocenters. The lowest BCUT2D eigenvalue weighted by molar-refractivity contribution is -0.138. The van der Waals surface area contributed by atoms with Crippen LogP contribution in [0.4, 0.5) is 0 Å². The number of rotatable bonds is 4. The first kappa shape index (κ1) is 7.78. The number of carboxylic acid groups (broad SMARTS) is 1. The Kier molecular flexibility index (Phi) is 4.79. The molecule has 0 unspecified atom stereocenters. The Bertz CT molecular complexity index is 73.7. The van der Waals surface area contributed by atoms with E-state index in [1.54, 1.807) is 0 Å². The van der Waals surface area contributed by atoms with Crippen molar-refractivity contribution in [2.24, 2.45) is 0 Å². The van der Waals surface area contributed by atoms with Gasteiger partial charge in [0.1, 0.15) is 0 Å². The highest BCUT2D eigenvalue weighted by Gasteiger charge is 1.93. The largest absolute Gasteiger partial charge is 0.479 e. The van der Waals surface area contributed by atoms with Crippen molar-refractivity contribution in [2.75, 3.05) is 12.4 Å². The van der Waals surface area contributed by atoms with E-state index < -0.39 is 5.97 Å². The van der Waals surface area contributed by atoms with Crippen molar-refractivity contribution in [3.8, 4) is 0 Å². The number of hydrogen-bond acceptors (Lipinski definition) is 3. The Labute approximate surface area is 52.2 Å². The Morgan fingerprint density at radius 3 is 2.88 bits per heavy atom. The quantitative estimate of drug-likeness (QED) is 0.457. The highest BCUT2D eigenvalue weighted by atomic mass is 32.2. The molecule has 4 heteroatoms. The maximum atomic E-state index is 9.74. The van der Waals surface area contributed by atoms with E-state index >= 15 is 0 Å². The smallest absolute Gasteiger partial charge is 0.331 e. The fraction of sp³-hybridized carbons (Fsp3) is 0.750. The standard InChI is InChI=1S/C4H8O3S/c1-2-8-7-3-4(5)6/h2-3H2,1H3,(H,5,6). The zero-order valence-corrected chi connectivity index (χ0v) is 5.40. The molecule has 0 saturated heterocycles. The average Bonchev–Trinajstić information content (AvgIpc) is 1.66. The third-order valence-electron chi connectivity index (χ3n) is 0.384. The first-order chi connectivity index (χ1) is 3.77. The van der Waals surface area contributed by atoms with Gasteiger partial charge in [0.15, 0.2) is 6.61 Å². The topological polar surface area (TPSA) is 46.5 Å². The molecule has 0 saturated carbocycles. The number of hydrogen-bond donors (Lipinski definition) is 1. The Morgan fingerprint density at radius 1 is 1.88 bits per heavy atom. The van der Waals surface area contributed by atoms with Crippen molar-refractivity contribution in [3.05, 3.63) is 0 Å². The molecule has 48 valence electrons. The molecule has 0 heterocycles. The van der Waals surface area contributed by atoms with Gasteiger partial charge in [-0.15, -0.1) is 0 Å². The van der Waals surface area contributed by atoms with Gasteiger partial charge in [-0.1, -0.05) is 6.92 Å². The van der Waals surface area contributed by atoms with Crippen LogP contribution in [-0.2, 0) is 8.98 Å². The van der Waals surface area contributed by atoms with Crippen LogP contribution in [0.3, 0.4) is 0 Å². The van der Waals surface area contributed by atoms with Crippen molar-refractivity contribution in [3.63, 3.8) is 0 Å². The van der Waals surface area contributed by atoms with Gasteiger partial charge in [0.2, 0.25) is 0 Å². The summed E-state index contributed by atoms with van der Waals surface area (Å²) >= 11 is 1.16. The van der Waals surface area contributed by atoms with Crippen LogP contribution in [0.5, 0.6) is 0 Å². The molecule has 0 aliphatic heterocycles. The lowest BCUT2D eigenvalue weighted by atomic mass is 10.8. The van der Waals surface area contributed by atoms with Gasteiger partial charge in [0.05, 0.1) is 0 Å². The monoisotopic (exact) mass is 136 g/mol. The molecule has 1 N–H and O–H groups in total. The van der Waals surface area contributed by atoms with Crippen LogP contribution in [0.25, 0.3) is 0 Å². The summed E-state index contributed by atoms with van der Waals surface area (Å²) in [5.41, 5.74) is 0. The van der Waals surface area contributed by atoms with E-state index in [1.165, 1.54) is 0 Å². The van der Waals surface area contributed by atoms with Gasteiger partial charge in [0, 0.05) is 5.75 Å². The Morgan fingerprint density at radius 2 is 2.50 bits per heavy atom. The zero-order chi connectivity index (χ0) is 6.41. The Hall–Kier alpha value is -0.220. The summed E-state index contributed by atoms with van der Waals surface area (Å²) in [7, 11) is 0.